The molecule has 0 radical (unpaired) electrons. The van der Waals surface area contributed by atoms with Gasteiger partial charge in [-0.25, -0.2) is 0 Å². The van der Waals surface area contributed by atoms with Crippen LogP contribution in [0.1, 0.15) is 513 Å². The van der Waals surface area contributed by atoms with Gasteiger partial charge in [-0.15, -0.1) is 0 Å². The minimum Gasteiger partial charge on any atom is -0.0654 e. The lowest BCUT2D eigenvalue weighted by Gasteiger charge is -2.14. The van der Waals surface area contributed by atoms with Gasteiger partial charge in [-0.3, -0.25) is 0 Å². The van der Waals surface area contributed by atoms with Crippen molar-refractivity contribution in [2.24, 2.45) is 0 Å². The van der Waals surface area contributed by atoms with Crippen LogP contribution in [0.25, 0.3) is 10.8 Å². The Morgan fingerprint density at radius 3 is 0.522 bits per heavy atom. The molecule has 0 spiro atoms. The van der Waals surface area contributed by atoms with Gasteiger partial charge < -0.3 is 0 Å². The van der Waals surface area contributed by atoms with E-state index in [-0.39, 0.29) is 0 Å². The smallest absolute Gasteiger partial charge is 0.0149 e. The van der Waals surface area contributed by atoms with Crippen molar-refractivity contribution in [3.05, 3.63) is 47.5 Å². The van der Waals surface area contributed by atoms with Gasteiger partial charge in [0.15, 0.2) is 0 Å². The predicted molar refractivity (Wildman–Crippen MR) is 414 cm³/mol. The molecule has 2 rings (SSSR count). The maximum atomic E-state index is 2.49. The minimum atomic E-state index is 1.27. The maximum absolute atomic E-state index is 2.49. The molecule has 2 aromatic rings. The number of rotatable bonds is 78. The number of aryl methyl sites for hydroxylation is 2. The third kappa shape index (κ3) is 60.4. The Kier molecular flexibility index (Phi) is 69.3. The highest BCUT2D eigenvalue weighted by Crippen LogP contribution is 2.28. The lowest BCUT2D eigenvalue weighted by Crippen LogP contribution is -1.97. The lowest BCUT2D eigenvalue weighted by atomic mass is 9.91. The largest absolute Gasteiger partial charge is 0.0654 e. The maximum Gasteiger partial charge on any atom is -0.0149 e. The zero-order valence-electron chi connectivity index (χ0n) is 62.6. The summed E-state index contributed by atoms with van der Waals surface area (Å²) in [5.74, 6) is 0. The Hall–Kier alpha value is -1.30. The van der Waals surface area contributed by atoms with E-state index in [1.165, 1.54) is 512 Å². The number of benzene rings is 2. The van der Waals surface area contributed by atoms with Gasteiger partial charge in [-0.2, -0.15) is 0 Å². The summed E-state index contributed by atoms with van der Waals surface area (Å²) in [4.78, 5) is 0. The monoisotopic (exact) mass is 1250 g/mol. The van der Waals surface area contributed by atoms with Crippen LogP contribution >= 0.6 is 0 Å². The molecular formula is C90H168. The zero-order valence-corrected chi connectivity index (χ0v) is 62.6. The summed E-state index contributed by atoms with van der Waals surface area (Å²) in [5, 5.41) is 2.98. The fourth-order valence-corrected chi connectivity index (χ4v) is 15.4. The molecule has 0 amide bonds. The van der Waals surface area contributed by atoms with Crippen LogP contribution in [-0.4, -0.2) is 0 Å². The first kappa shape index (κ1) is 84.8. The Morgan fingerprint density at radius 1 is 0.156 bits per heavy atom. The van der Waals surface area contributed by atoms with Gasteiger partial charge in [0, 0.05) is 0 Å². The second-order valence-corrected chi connectivity index (χ2v) is 30.6. The van der Waals surface area contributed by atoms with E-state index in [9.17, 15) is 0 Å². The summed E-state index contributed by atoms with van der Waals surface area (Å²) < 4.78 is 0. The van der Waals surface area contributed by atoms with Crippen LogP contribution in [-0.2, 0) is 12.8 Å². The molecule has 528 valence electrons. The molecular weight excluding hydrogens is 1080 g/mol. The average molecular weight is 1250 g/mol. The van der Waals surface area contributed by atoms with Crippen LogP contribution in [0.15, 0.2) is 36.4 Å². The first-order valence-electron chi connectivity index (χ1n) is 43.4. The van der Waals surface area contributed by atoms with Crippen molar-refractivity contribution in [1.29, 1.82) is 0 Å². The molecule has 0 aromatic heterocycles. The average Bonchev–Trinajstić information content (AvgIpc) is 2.25. The number of hydrogen-bond acceptors (Lipinski definition) is 0. The Bertz CT molecular complexity index is 1620. The Morgan fingerprint density at radius 2 is 0.322 bits per heavy atom. The molecule has 0 nitrogen and oxygen atoms in total. The van der Waals surface area contributed by atoms with Crippen molar-refractivity contribution >= 4 is 10.8 Å². The molecule has 0 aliphatic heterocycles. The Balaban J connectivity index is 1.26. The van der Waals surface area contributed by atoms with Crippen LogP contribution in [0.2, 0.25) is 0 Å². The van der Waals surface area contributed by atoms with E-state index < -0.39 is 0 Å². The van der Waals surface area contributed by atoms with Crippen molar-refractivity contribution in [1.82, 2.24) is 0 Å². The van der Waals surface area contributed by atoms with Crippen molar-refractivity contribution in [3.63, 3.8) is 0 Å². The quantitative estimate of drug-likeness (QED) is 0.0579. The van der Waals surface area contributed by atoms with Crippen LogP contribution in [0.3, 0.4) is 0 Å². The number of fused-ring (bicyclic) bond motifs is 1. The second-order valence-electron chi connectivity index (χ2n) is 30.6. The highest BCUT2D eigenvalue weighted by molar-refractivity contribution is 5.86. The predicted octanol–water partition coefficient (Wildman–Crippen LogP) is 33.6. The van der Waals surface area contributed by atoms with Crippen LogP contribution < -0.4 is 0 Å². The normalized spacial score (nSPS) is 11.8. The molecule has 0 fully saturated rings. The molecule has 0 heteroatoms. The standard InChI is InChI=1S/C90H168/c1-3-5-7-9-11-13-15-17-19-21-23-25-27-29-31-33-35-37-39-41-43-45-47-49-51-53-55-57-59-61-63-65-67-69-71-73-75-77-81-87-85-86-88-82-79-80-84-90(88)89(87)83-78-76-74-72-70-68-66-64-62-60-58-56-54-52-50-48-46-44-42-40-38-36-34-32-30-28-26-24-22-20-18-16-14-12-10-8-6-4-2/h79-80,82,84-86H,3-78,81,83H2,1-2H3. The minimum absolute atomic E-state index is 1.27. The van der Waals surface area contributed by atoms with Crippen LogP contribution in [0.5, 0.6) is 0 Å². The molecule has 0 unspecified atom stereocenters. The zero-order chi connectivity index (χ0) is 63.7. The lowest BCUT2D eigenvalue weighted by molar-refractivity contribution is 0.510. The van der Waals surface area contributed by atoms with E-state index in [4.69, 9.17) is 0 Å². The SMILES string of the molecule is CCCCCCCCCCCCCCCCCCCCCCCCCCCCCCCCCCCCCCCCc1ccc2ccccc2c1CCCCCCCCCCCCCCCCCCCCCCCCCCCCCCCCCCCCCCCC. The summed E-state index contributed by atoms with van der Waals surface area (Å²) in [5.41, 5.74) is 3.34. The van der Waals surface area contributed by atoms with E-state index in [1.54, 1.807) is 11.1 Å². The van der Waals surface area contributed by atoms with Crippen molar-refractivity contribution in [2.75, 3.05) is 0 Å². The summed E-state index contributed by atoms with van der Waals surface area (Å²) in [6, 6.07) is 14.1. The van der Waals surface area contributed by atoms with Gasteiger partial charge in [-0.1, -0.05) is 525 Å². The molecule has 0 atom stereocenters. The first-order valence-corrected chi connectivity index (χ1v) is 43.4. The molecule has 2 aromatic carbocycles. The van der Waals surface area contributed by atoms with E-state index in [1.807, 2.05) is 0 Å². The summed E-state index contributed by atoms with van der Waals surface area (Å²) >= 11 is 0. The third-order valence-corrected chi connectivity index (χ3v) is 21.7. The molecule has 0 saturated carbocycles. The van der Waals surface area contributed by atoms with Crippen LogP contribution in [0, 0.1) is 0 Å². The molecule has 0 heterocycles. The summed E-state index contributed by atoms with van der Waals surface area (Å²) in [6.45, 7) is 4.63. The summed E-state index contributed by atoms with van der Waals surface area (Å²) in [7, 11) is 0. The second kappa shape index (κ2) is 73.5. The molecule has 0 aliphatic rings. The molecule has 0 saturated heterocycles. The molecule has 0 bridgehead atoms. The topological polar surface area (TPSA) is 0 Å². The van der Waals surface area contributed by atoms with Crippen molar-refractivity contribution in [2.45, 2.75) is 515 Å². The molecule has 0 aliphatic carbocycles. The molecule has 90 heavy (non-hydrogen) atoms. The Labute approximate surface area is 569 Å². The third-order valence-electron chi connectivity index (χ3n) is 21.7. The van der Waals surface area contributed by atoms with Crippen LogP contribution in [0.4, 0.5) is 0 Å². The highest BCUT2D eigenvalue weighted by atomic mass is 14.1. The summed E-state index contributed by atoms with van der Waals surface area (Å²) in [6.07, 6.45) is 115. The van der Waals surface area contributed by atoms with Gasteiger partial charge >= 0.3 is 0 Å². The fraction of sp³-hybridized carbons (Fsp3) is 0.889. The van der Waals surface area contributed by atoms with Gasteiger partial charge in [0.2, 0.25) is 0 Å². The van der Waals surface area contributed by atoms with Crippen molar-refractivity contribution < 1.29 is 0 Å². The van der Waals surface area contributed by atoms with Gasteiger partial charge in [0.05, 0.1) is 0 Å². The van der Waals surface area contributed by atoms with E-state index >= 15 is 0 Å². The van der Waals surface area contributed by atoms with Crippen molar-refractivity contribution in [3.8, 4) is 0 Å². The van der Waals surface area contributed by atoms with Gasteiger partial charge in [-0.05, 0) is 47.6 Å². The van der Waals surface area contributed by atoms with Gasteiger partial charge in [0.1, 0.15) is 0 Å². The van der Waals surface area contributed by atoms with Gasteiger partial charge in [0.25, 0.3) is 0 Å². The number of unbranched alkanes of at least 4 members (excludes halogenated alkanes) is 74. The van der Waals surface area contributed by atoms with E-state index in [2.05, 4.69) is 50.2 Å². The van der Waals surface area contributed by atoms with E-state index in [0.29, 0.717) is 0 Å². The first-order chi connectivity index (χ1) is 44.9. The molecule has 0 N–H and O–H groups in total. The fourth-order valence-electron chi connectivity index (χ4n) is 15.4. The highest BCUT2D eigenvalue weighted by Gasteiger charge is 2.09. The van der Waals surface area contributed by atoms with E-state index in [0.717, 1.165) is 0 Å². The number of hydrogen-bond donors (Lipinski definition) is 0.